The van der Waals surface area contributed by atoms with Gasteiger partial charge in [-0.1, -0.05) is 12.1 Å². The molecule has 0 saturated heterocycles. The summed E-state index contributed by atoms with van der Waals surface area (Å²) in [4.78, 5) is 4.18. The summed E-state index contributed by atoms with van der Waals surface area (Å²) in [6.45, 7) is 0. The predicted molar refractivity (Wildman–Crippen MR) is 63.9 cm³/mol. The number of benzene rings is 1. The molecule has 2 aromatic heterocycles. The van der Waals surface area contributed by atoms with E-state index in [1.165, 1.54) is 23.5 Å². The van der Waals surface area contributed by atoms with Crippen molar-refractivity contribution in [2.75, 3.05) is 0 Å². The number of hydrogen-bond acceptors (Lipinski definition) is 2. The molecule has 0 aliphatic carbocycles. The molecule has 0 N–H and O–H groups in total. The lowest BCUT2D eigenvalue weighted by Crippen LogP contribution is -1.81. The molecule has 0 fully saturated rings. The smallest absolute Gasteiger partial charge is 0.123 e. The van der Waals surface area contributed by atoms with Gasteiger partial charge in [0, 0.05) is 28.7 Å². The van der Waals surface area contributed by atoms with Crippen LogP contribution in [0.25, 0.3) is 21.2 Å². The van der Waals surface area contributed by atoms with Crippen LogP contribution < -0.4 is 0 Å². The summed E-state index contributed by atoms with van der Waals surface area (Å²) in [7, 11) is 0. The van der Waals surface area contributed by atoms with Gasteiger partial charge in [-0.3, -0.25) is 4.98 Å². The average molecular weight is 228 g/mol. The number of thiophene rings is 1. The van der Waals surface area contributed by atoms with E-state index in [1.54, 1.807) is 18.3 Å². The van der Waals surface area contributed by atoms with Gasteiger partial charge in [-0.2, -0.15) is 0 Å². The quantitative estimate of drug-likeness (QED) is 0.615. The predicted octanol–water partition coefficient (Wildman–Crippen LogP) is 3.90. The van der Waals surface area contributed by atoms with Gasteiger partial charge in [-0.25, -0.2) is 4.39 Å². The number of aromatic nitrogens is 1. The molecule has 1 radical (unpaired) electrons. The molecule has 0 atom stereocenters. The van der Waals surface area contributed by atoms with Crippen molar-refractivity contribution < 1.29 is 4.39 Å². The average Bonchev–Trinajstić information content (AvgIpc) is 2.78. The van der Waals surface area contributed by atoms with Gasteiger partial charge >= 0.3 is 0 Å². The van der Waals surface area contributed by atoms with E-state index in [2.05, 4.69) is 10.4 Å². The van der Waals surface area contributed by atoms with Crippen LogP contribution in [-0.2, 0) is 0 Å². The maximum absolute atomic E-state index is 12.8. The third kappa shape index (κ3) is 1.49. The van der Waals surface area contributed by atoms with E-state index in [4.69, 9.17) is 0 Å². The lowest BCUT2D eigenvalue weighted by Gasteiger charge is -2.02. The second kappa shape index (κ2) is 3.68. The summed E-state index contributed by atoms with van der Waals surface area (Å²) in [6.07, 6.45) is 3.62. The maximum Gasteiger partial charge on any atom is 0.123 e. The number of hydrogen-bond donors (Lipinski definition) is 0. The van der Waals surface area contributed by atoms with E-state index in [0.29, 0.717) is 0 Å². The Morgan fingerprint density at radius 2 is 1.94 bits per heavy atom. The fourth-order valence-corrected chi connectivity index (χ4v) is 2.39. The molecule has 16 heavy (non-hydrogen) atoms. The molecule has 0 unspecified atom stereocenters. The summed E-state index contributed by atoms with van der Waals surface area (Å²) in [5, 5.41) is 4.20. The first kappa shape index (κ1) is 9.48. The third-order valence-corrected chi connectivity index (χ3v) is 3.26. The first-order chi connectivity index (χ1) is 7.84. The number of halogens is 1. The van der Waals surface area contributed by atoms with Crippen molar-refractivity contribution in [3.63, 3.8) is 0 Å². The van der Waals surface area contributed by atoms with Crippen molar-refractivity contribution in [3.8, 4) is 11.1 Å². The van der Waals surface area contributed by atoms with Crippen LogP contribution in [0.3, 0.4) is 0 Å². The molecule has 0 aliphatic rings. The molecular formula is C13H7FNS. The lowest BCUT2D eigenvalue weighted by atomic mass is 10.0. The minimum Gasteiger partial charge on any atom is -0.263 e. The Bertz CT molecular complexity index is 628. The van der Waals surface area contributed by atoms with Gasteiger partial charge in [0.15, 0.2) is 0 Å². The number of fused-ring (bicyclic) bond motifs is 1. The molecule has 0 spiro atoms. The number of rotatable bonds is 1. The highest BCUT2D eigenvalue weighted by Gasteiger charge is 2.05. The summed E-state index contributed by atoms with van der Waals surface area (Å²) in [5.74, 6) is -0.222. The second-order valence-electron chi connectivity index (χ2n) is 3.47. The van der Waals surface area contributed by atoms with Crippen LogP contribution >= 0.6 is 11.3 Å². The Morgan fingerprint density at radius 3 is 2.75 bits per heavy atom. The molecule has 0 bridgehead atoms. The van der Waals surface area contributed by atoms with Crippen molar-refractivity contribution in [1.29, 1.82) is 0 Å². The minimum absolute atomic E-state index is 0.222. The van der Waals surface area contributed by atoms with E-state index >= 15 is 0 Å². The van der Waals surface area contributed by atoms with Crippen molar-refractivity contribution in [2.45, 2.75) is 0 Å². The van der Waals surface area contributed by atoms with Crippen LogP contribution in [0, 0.1) is 11.2 Å². The van der Waals surface area contributed by atoms with E-state index in [0.717, 1.165) is 21.2 Å². The van der Waals surface area contributed by atoms with E-state index < -0.39 is 0 Å². The van der Waals surface area contributed by atoms with Crippen molar-refractivity contribution in [3.05, 3.63) is 53.9 Å². The van der Waals surface area contributed by atoms with E-state index in [1.807, 2.05) is 12.3 Å². The van der Waals surface area contributed by atoms with Crippen LogP contribution in [0.1, 0.15) is 0 Å². The Labute approximate surface area is 96.2 Å². The fraction of sp³-hybridized carbons (Fsp3) is 0. The molecule has 2 heterocycles. The van der Waals surface area contributed by atoms with Gasteiger partial charge in [0.2, 0.25) is 0 Å². The lowest BCUT2D eigenvalue weighted by molar-refractivity contribution is 0.628. The van der Waals surface area contributed by atoms with E-state index in [-0.39, 0.29) is 5.82 Å². The molecule has 1 nitrogen and oxygen atoms in total. The molecular weight excluding hydrogens is 221 g/mol. The molecule has 0 amide bonds. The minimum atomic E-state index is -0.222. The molecule has 3 rings (SSSR count). The van der Waals surface area contributed by atoms with Gasteiger partial charge in [0.25, 0.3) is 0 Å². The van der Waals surface area contributed by atoms with Crippen LogP contribution in [0.2, 0.25) is 0 Å². The molecule has 3 heteroatoms. The Morgan fingerprint density at radius 1 is 1.12 bits per heavy atom. The topological polar surface area (TPSA) is 12.9 Å². The normalized spacial score (nSPS) is 10.8. The highest BCUT2D eigenvalue weighted by molar-refractivity contribution is 7.16. The van der Waals surface area contributed by atoms with Crippen LogP contribution in [0.15, 0.2) is 42.7 Å². The van der Waals surface area contributed by atoms with Crippen molar-refractivity contribution >= 4 is 21.4 Å². The Hall–Kier alpha value is -1.74. The van der Waals surface area contributed by atoms with Gasteiger partial charge in [0.05, 0.1) is 4.70 Å². The van der Waals surface area contributed by atoms with Crippen LogP contribution in [0.5, 0.6) is 0 Å². The highest BCUT2D eigenvalue weighted by Crippen LogP contribution is 2.30. The van der Waals surface area contributed by atoms with Gasteiger partial charge < -0.3 is 0 Å². The summed E-state index contributed by atoms with van der Waals surface area (Å²) >= 11 is 1.54. The first-order valence-corrected chi connectivity index (χ1v) is 5.66. The van der Waals surface area contributed by atoms with Gasteiger partial charge in [0.1, 0.15) is 5.82 Å². The molecule has 0 aliphatic heterocycles. The molecule has 3 aromatic rings. The standard InChI is InChI=1S/C13H7FNS/c14-10-3-1-9(2-4-10)12-7-15-8-13-11(12)5-6-16-13/h1-5,7-8H. The number of nitrogens with zero attached hydrogens (tertiary/aromatic N) is 1. The fourth-order valence-electron chi connectivity index (χ4n) is 1.69. The number of pyridine rings is 1. The Balaban J connectivity index is 2.25. The molecule has 0 saturated carbocycles. The largest absolute Gasteiger partial charge is 0.263 e. The maximum atomic E-state index is 12.8. The highest BCUT2D eigenvalue weighted by atomic mass is 32.1. The first-order valence-electron chi connectivity index (χ1n) is 4.84. The Kier molecular flexibility index (Phi) is 2.18. The van der Waals surface area contributed by atoms with Crippen molar-refractivity contribution in [1.82, 2.24) is 4.98 Å². The zero-order valence-electron chi connectivity index (χ0n) is 8.27. The van der Waals surface area contributed by atoms with Gasteiger partial charge in [-0.05, 0) is 23.8 Å². The van der Waals surface area contributed by atoms with Crippen LogP contribution in [-0.4, -0.2) is 4.98 Å². The molecule has 1 aromatic carbocycles. The van der Waals surface area contributed by atoms with Crippen LogP contribution in [0.4, 0.5) is 4.39 Å². The zero-order chi connectivity index (χ0) is 11.0. The SMILES string of the molecule is Fc1ccc(-c2cncc3s[c]cc23)cc1. The third-order valence-electron chi connectivity index (χ3n) is 2.48. The molecule has 77 valence electrons. The van der Waals surface area contributed by atoms with Crippen molar-refractivity contribution in [2.24, 2.45) is 0 Å². The summed E-state index contributed by atoms with van der Waals surface area (Å²) in [5.41, 5.74) is 2.00. The summed E-state index contributed by atoms with van der Waals surface area (Å²) in [6, 6.07) is 8.40. The zero-order valence-corrected chi connectivity index (χ0v) is 9.09. The van der Waals surface area contributed by atoms with E-state index in [9.17, 15) is 4.39 Å². The van der Waals surface area contributed by atoms with Gasteiger partial charge in [-0.15, -0.1) is 11.3 Å². The summed E-state index contributed by atoms with van der Waals surface area (Å²) < 4.78 is 13.9. The second-order valence-corrected chi connectivity index (χ2v) is 4.35. The monoisotopic (exact) mass is 228 g/mol.